The first kappa shape index (κ1) is 15.6. The van der Waals surface area contributed by atoms with Crippen molar-refractivity contribution in [2.24, 2.45) is 0 Å². The summed E-state index contributed by atoms with van der Waals surface area (Å²) in [6.45, 7) is 1.07. The zero-order chi connectivity index (χ0) is 15.3. The standard InChI is InChI=1S/C14H19N3O3S/c1-20-14-10-12(11-15)6-7-13(14)16-21(18,19)17-8-4-2-3-5-9-17/h6-7,10,16H,2-5,8-9H2,1H3. The summed E-state index contributed by atoms with van der Waals surface area (Å²) in [5.41, 5.74) is 0.769. The molecule has 0 atom stereocenters. The second-order valence-electron chi connectivity index (χ2n) is 4.95. The Bertz CT molecular complexity index is 629. The minimum Gasteiger partial charge on any atom is -0.495 e. The van der Waals surface area contributed by atoms with Gasteiger partial charge in [-0.25, -0.2) is 0 Å². The summed E-state index contributed by atoms with van der Waals surface area (Å²) in [6, 6.07) is 6.62. The van der Waals surface area contributed by atoms with Crippen LogP contribution in [-0.2, 0) is 10.2 Å². The molecule has 0 amide bonds. The lowest BCUT2D eigenvalue weighted by atomic mass is 10.2. The van der Waals surface area contributed by atoms with Gasteiger partial charge in [-0.2, -0.15) is 18.0 Å². The first-order chi connectivity index (χ1) is 10.1. The zero-order valence-corrected chi connectivity index (χ0v) is 12.8. The molecular formula is C14H19N3O3S. The average Bonchev–Trinajstić information content (AvgIpc) is 2.77. The van der Waals surface area contributed by atoms with Crippen molar-refractivity contribution >= 4 is 15.9 Å². The summed E-state index contributed by atoms with van der Waals surface area (Å²) in [5, 5.41) is 8.86. The monoisotopic (exact) mass is 309 g/mol. The molecule has 21 heavy (non-hydrogen) atoms. The van der Waals surface area contributed by atoms with Crippen LogP contribution in [0.5, 0.6) is 5.75 Å². The van der Waals surface area contributed by atoms with Crippen LogP contribution in [0.15, 0.2) is 18.2 Å². The van der Waals surface area contributed by atoms with Gasteiger partial charge in [0.05, 0.1) is 24.4 Å². The predicted molar refractivity (Wildman–Crippen MR) is 80.3 cm³/mol. The quantitative estimate of drug-likeness (QED) is 0.923. The molecule has 1 aromatic carbocycles. The molecule has 1 N–H and O–H groups in total. The lowest BCUT2D eigenvalue weighted by molar-refractivity contribution is 0.414. The van der Waals surface area contributed by atoms with E-state index >= 15 is 0 Å². The maximum Gasteiger partial charge on any atom is 0.301 e. The molecule has 1 aliphatic heterocycles. The van der Waals surface area contributed by atoms with Crippen molar-refractivity contribution in [3.8, 4) is 11.8 Å². The highest BCUT2D eigenvalue weighted by molar-refractivity contribution is 7.90. The van der Waals surface area contributed by atoms with Gasteiger partial charge < -0.3 is 4.74 Å². The average molecular weight is 309 g/mol. The van der Waals surface area contributed by atoms with E-state index in [1.807, 2.05) is 6.07 Å². The molecule has 0 radical (unpaired) electrons. The third-order valence-electron chi connectivity index (χ3n) is 3.47. The van der Waals surface area contributed by atoms with Crippen LogP contribution in [0.1, 0.15) is 31.2 Å². The van der Waals surface area contributed by atoms with E-state index in [4.69, 9.17) is 10.00 Å². The summed E-state index contributed by atoms with van der Waals surface area (Å²) < 4.78 is 34.0. The number of ether oxygens (including phenoxy) is 1. The predicted octanol–water partition coefficient (Wildman–Crippen LogP) is 2.10. The van der Waals surface area contributed by atoms with Crippen molar-refractivity contribution < 1.29 is 13.2 Å². The molecule has 114 valence electrons. The largest absolute Gasteiger partial charge is 0.495 e. The molecule has 1 aromatic rings. The minimum absolute atomic E-state index is 0.340. The van der Waals surface area contributed by atoms with Crippen LogP contribution in [-0.4, -0.2) is 32.9 Å². The van der Waals surface area contributed by atoms with E-state index in [1.165, 1.54) is 17.5 Å². The lowest BCUT2D eigenvalue weighted by Crippen LogP contribution is -2.36. The number of rotatable bonds is 4. The number of hydrogen-bond donors (Lipinski definition) is 1. The molecule has 1 heterocycles. The van der Waals surface area contributed by atoms with E-state index in [0.29, 0.717) is 30.1 Å². The molecule has 0 aromatic heterocycles. The second kappa shape index (κ2) is 6.78. The second-order valence-corrected chi connectivity index (χ2v) is 6.62. The number of nitriles is 1. The van der Waals surface area contributed by atoms with Gasteiger partial charge in [0.1, 0.15) is 5.75 Å². The topological polar surface area (TPSA) is 82.4 Å². The number of methoxy groups -OCH3 is 1. The Morgan fingerprint density at radius 1 is 1.24 bits per heavy atom. The molecule has 2 rings (SSSR count). The molecule has 1 aliphatic rings. The Labute approximate surface area is 125 Å². The normalized spacial score (nSPS) is 16.8. The summed E-state index contributed by atoms with van der Waals surface area (Å²) in [6.07, 6.45) is 3.88. The zero-order valence-electron chi connectivity index (χ0n) is 12.0. The van der Waals surface area contributed by atoms with E-state index in [9.17, 15) is 8.42 Å². The molecule has 0 saturated carbocycles. The number of nitrogens with one attached hydrogen (secondary N) is 1. The first-order valence-corrected chi connectivity index (χ1v) is 8.37. The molecule has 0 unspecified atom stereocenters. The molecule has 0 spiro atoms. The van der Waals surface area contributed by atoms with E-state index in [2.05, 4.69) is 4.72 Å². The molecule has 6 nitrogen and oxygen atoms in total. The third-order valence-corrected chi connectivity index (χ3v) is 5.00. The fourth-order valence-electron chi connectivity index (χ4n) is 2.33. The Morgan fingerprint density at radius 3 is 2.48 bits per heavy atom. The van der Waals surface area contributed by atoms with Crippen LogP contribution in [0, 0.1) is 11.3 Å². The fourth-order valence-corrected chi connectivity index (χ4v) is 3.65. The van der Waals surface area contributed by atoms with Crippen molar-refractivity contribution in [2.75, 3.05) is 24.9 Å². The molecule has 7 heteroatoms. The number of benzene rings is 1. The van der Waals surface area contributed by atoms with Crippen LogP contribution in [0.25, 0.3) is 0 Å². The van der Waals surface area contributed by atoms with Gasteiger partial charge in [-0.3, -0.25) is 4.72 Å². The highest BCUT2D eigenvalue weighted by Gasteiger charge is 2.24. The van der Waals surface area contributed by atoms with E-state index in [0.717, 1.165) is 25.7 Å². The highest BCUT2D eigenvalue weighted by atomic mass is 32.2. The third kappa shape index (κ3) is 3.86. The maximum absolute atomic E-state index is 12.4. The summed E-state index contributed by atoms with van der Waals surface area (Å²) in [5.74, 6) is 0.340. The van der Waals surface area contributed by atoms with Crippen molar-refractivity contribution in [1.29, 1.82) is 5.26 Å². The van der Waals surface area contributed by atoms with Crippen LogP contribution < -0.4 is 9.46 Å². The summed E-state index contributed by atoms with van der Waals surface area (Å²) in [7, 11) is -2.15. The van der Waals surface area contributed by atoms with Gasteiger partial charge in [-0.05, 0) is 25.0 Å². The van der Waals surface area contributed by atoms with Gasteiger partial charge in [-0.1, -0.05) is 12.8 Å². The number of nitrogens with zero attached hydrogens (tertiary/aromatic N) is 2. The van der Waals surface area contributed by atoms with Gasteiger partial charge >= 0.3 is 10.2 Å². The van der Waals surface area contributed by atoms with Crippen LogP contribution in [0.4, 0.5) is 5.69 Å². The van der Waals surface area contributed by atoms with Crippen molar-refractivity contribution in [2.45, 2.75) is 25.7 Å². The van der Waals surface area contributed by atoms with Gasteiger partial charge in [0.15, 0.2) is 0 Å². The van der Waals surface area contributed by atoms with Crippen molar-refractivity contribution in [3.63, 3.8) is 0 Å². The maximum atomic E-state index is 12.4. The Balaban J connectivity index is 2.21. The van der Waals surface area contributed by atoms with Crippen LogP contribution in [0.3, 0.4) is 0 Å². The smallest absolute Gasteiger partial charge is 0.301 e. The molecule has 0 aliphatic carbocycles. The SMILES string of the molecule is COc1cc(C#N)ccc1NS(=O)(=O)N1CCCCCC1. The van der Waals surface area contributed by atoms with Crippen LogP contribution in [0.2, 0.25) is 0 Å². The van der Waals surface area contributed by atoms with Crippen molar-refractivity contribution in [3.05, 3.63) is 23.8 Å². The fraction of sp³-hybridized carbons (Fsp3) is 0.500. The molecule has 1 saturated heterocycles. The molecule has 0 bridgehead atoms. The van der Waals surface area contributed by atoms with E-state index < -0.39 is 10.2 Å². The Morgan fingerprint density at radius 2 is 1.90 bits per heavy atom. The van der Waals surface area contributed by atoms with Gasteiger partial charge in [0.2, 0.25) is 0 Å². The highest BCUT2D eigenvalue weighted by Crippen LogP contribution is 2.27. The first-order valence-electron chi connectivity index (χ1n) is 6.93. The minimum atomic E-state index is -3.59. The van der Waals surface area contributed by atoms with Gasteiger partial charge in [0.25, 0.3) is 0 Å². The number of anilines is 1. The summed E-state index contributed by atoms with van der Waals surface area (Å²) >= 11 is 0. The van der Waals surface area contributed by atoms with E-state index in [1.54, 1.807) is 12.1 Å². The summed E-state index contributed by atoms with van der Waals surface area (Å²) in [4.78, 5) is 0. The lowest BCUT2D eigenvalue weighted by Gasteiger charge is -2.21. The Hall–Kier alpha value is -1.78. The molecular weight excluding hydrogens is 290 g/mol. The van der Waals surface area contributed by atoms with Gasteiger partial charge in [-0.15, -0.1) is 0 Å². The van der Waals surface area contributed by atoms with Crippen molar-refractivity contribution in [1.82, 2.24) is 4.31 Å². The van der Waals surface area contributed by atoms with E-state index in [-0.39, 0.29) is 0 Å². The number of hydrogen-bond acceptors (Lipinski definition) is 4. The Kier molecular flexibility index (Phi) is 5.04. The van der Waals surface area contributed by atoms with Crippen LogP contribution >= 0.6 is 0 Å². The van der Waals surface area contributed by atoms with Gasteiger partial charge in [0, 0.05) is 19.2 Å². The molecule has 1 fully saturated rings.